The highest BCUT2D eigenvalue weighted by atomic mass is 79.9. The van der Waals surface area contributed by atoms with E-state index >= 15 is 0 Å². The summed E-state index contributed by atoms with van der Waals surface area (Å²) in [5, 5.41) is 0. The second-order valence-corrected chi connectivity index (χ2v) is 6.75. The molecule has 0 heterocycles. The second kappa shape index (κ2) is 6.78. The van der Waals surface area contributed by atoms with Crippen molar-refractivity contribution in [3.8, 4) is 11.1 Å². The van der Waals surface area contributed by atoms with Crippen LogP contribution in [0.2, 0.25) is 0 Å². The van der Waals surface area contributed by atoms with Crippen molar-refractivity contribution >= 4 is 27.5 Å². The molecule has 0 fully saturated rings. The summed E-state index contributed by atoms with van der Waals surface area (Å²) in [6.45, 7) is 6.47. The smallest absolute Gasteiger partial charge is 0.0252 e. The second-order valence-electron chi connectivity index (χ2n) is 5.59. The number of halogens is 2. The molecule has 0 bridgehead atoms. The van der Waals surface area contributed by atoms with Crippen LogP contribution in [0, 0.1) is 19.8 Å². The normalized spacial score (nSPS) is 12.4. The van der Waals surface area contributed by atoms with Gasteiger partial charge in [-0.3, -0.25) is 0 Å². The van der Waals surface area contributed by atoms with Crippen molar-refractivity contribution in [3.63, 3.8) is 0 Å². The van der Waals surface area contributed by atoms with Gasteiger partial charge in [0.05, 0.1) is 0 Å². The van der Waals surface area contributed by atoms with Gasteiger partial charge in [-0.25, -0.2) is 0 Å². The monoisotopic (exact) mass is 350 g/mol. The highest BCUT2D eigenvalue weighted by molar-refractivity contribution is 9.10. The molecule has 0 saturated heterocycles. The Hall–Kier alpha value is -0.790. The first-order chi connectivity index (χ1) is 9.51. The quantitative estimate of drug-likeness (QED) is 0.579. The van der Waals surface area contributed by atoms with Crippen LogP contribution in [0.3, 0.4) is 0 Å². The molecule has 20 heavy (non-hydrogen) atoms. The zero-order chi connectivity index (χ0) is 14.7. The molecule has 0 aliphatic rings. The van der Waals surface area contributed by atoms with Crippen molar-refractivity contribution in [3.05, 3.63) is 57.6 Å². The molecule has 0 N–H and O–H groups in total. The maximum absolute atomic E-state index is 5.90. The van der Waals surface area contributed by atoms with E-state index < -0.39 is 0 Å². The molecule has 2 aromatic carbocycles. The Balaban J connectivity index is 2.33. The Kier molecular flexibility index (Phi) is 5.29. The molecule has 0 spiro atoms. The van der Waals surface area contributed by atoms with Gasteiger partial charge in [-0.2, -0.15) is 0 Å². The van der Waals surface area contributed by atoms with Crippen molar-refractivity contribution < 1.29 is 0 Å². The third-order valence-electron chi connectivity index (χ3n) is 3.58. The third kappa shape index (κ3) is 3.65. The Morgan fingerprint density at radius 1 is 1.10 bits per heavy atom. The lowest BCUT2D eigenvalue weighted by Gasteiger charge is -2.12. The SMILES string of the molecule is Cc1ccc(-c2ccc(CC(C)CCl)c(Br)c2)c(C)c1. The van der Waals surface area contributed by atoms with Crippen molar-refractivity contribution in [2.24, 2.45) is 5.92 Å². The van der Waals surface area contributed by atoms with Gasteiger partial charge in [0.15, 0.2) is 0 Å². The van der Waals surface area contributed by atoms with Crippen LogP contribution in [0.15, 0.2) is 40.9 Å². The molecule has 0 aliphatic heterocycles. The molecule has 1 unspecified atom stereocenters. The minimum Gasteiger partial charge on any atom is -0.126 e. The Bertz CT molecular complexity index is 604. The molecule has 0 aliphatic carbocycles. The fourth-order valence-corrected chi connectivity index (χ4v) is 3.10. The van der Waals surface area contributed by atoms with Gasteiger partial charge in [-0.05, 0) is 54.5 Å². The Labute approximate surface area is 135 Å². The molecule has 0 amide bonds. The summed E-state index contributed by atoms with van der Waals surface area (Å²) in [6.07, 6.45) is 1.01. The van der Waals surface area contributed by atoms with Crippen LogP contribution in [0.25, 0.3) is 11.1 Å². The average molecular weight is 352 g/mol. The van der Waals surface area contributed by atoms with Crippen LogP contribution in [0.4, 0.5) is 0 Å². The van der Waals surface area contributed by atoms with E-state index in [0.717, 1.165) is 6.42 Å². The van der Waals surface area contributed by atoms with E-state index in [2.05, 4.69) is 73.1 Å². The summed E-state index contributed by atoms with van der Waals surface area (Å²) in [5.41, 5.74) is 6.51. The van der Waals surface area contributed by atoms with Gasteiger partial charge in [0, 0.05) is 10.4 Å². The van der Waals surface area contributed by atoms with E-state index in [1.165, 1.54) is 32.3 Å². The van der Waals surface area contributed by atoms with E-state index in [1.807, 2.05) is 0 Å². The number of hydrogen-bond donors (Lipinski definition) is 0. The van der Waals surface area contributed by atoms with Crippen LogP contribution < -0.4 is 0 Å². The van der Waals surface area contributed by atoms with E-state index in [4.69, 9.17) is 11.6 Å². The minimum absolute atomic E-state index is 0.500. The molecule has 0 saturated carbocycles. The highest BCUT2D eigenvalue weighted by Gasteiger charge is 2.08. The summed E-state index contributed by atoms with van der Waals surface area (Å²) >= 11 is 9.60. The van der Waals surface area contributed by atoms with E-state index in [9.17, 15) is 0 Å². The highest BCUT2D eigenvalue weighted by Crippen LogP contribution is 2.30. The zero-order valence-corrected chi connectivity index (χ0v) is 14.6. The summed E-state index contributed by atoms with van der Waals surface area (Å²) in [7, 11) is 0. The zero-order valence-electron chi connectivity index (χ0n) is 12.2. The van der Waals surface area contributed by atoms with Crippen LogP contribution in [0.1, 0.15) is 23.6 Å². The lowest BCUT2D eigenvalue weighted by Crippen LogP contribution is -2.01. The lowest BCUT2D eigenvalue weighted by atomic mass is 9.96. The molecule has 0 radical (unpaired) electrons. The molecule has 2 rings (SSSR count). The summed E-state index contributed by atoms with van der Waals surface area (Å²) in [5.74, 6) is 1.20. The number of alkyl halides is 1. The molecule has 106 valence electrons. The summed E-state index contributed by atoms with van der Waals surface area (Å²) in [4.78, 5) is 0. The fourth-order valence-electron chi connectivity index (χ4n) is 2.45. The largest absolute Gasteiger partial charge is 0.126 e. The predicted molar refractivity (Wildman–Crippen MR) is 92.6 cm³/mol. The van der Waals surface area contributed by atoms with Gasteiger partial charge in [-0.15, -0.1) is 11.6 Å². The van der Waals surface area contributed by atoms with Crippen molar-refractivity contribution in [2.45, 2.75) is 27.2 Å². The van der Waals surface area contributed by atoms with Crippen molar-refractivity contribution in [1.82, 2.24) is 0 Å². The van der Waals surface area contributed by atoms with Gasteiger partial charge in [0.25, 0.3) is 0 Å². The first kappa shape index (κ1) is 15.6. The van der Waals surface area contributed by atoms with Crippen LogP contribution in [-0.2, 0) is 6.42 Å². The molecular weight excluding hydrogens is 332 g/mol. The van der Waals surface area contributed by atoms with E-state index in [0.29, 0.717) is 11.8 Å². The molecular formula is C18H20BrCl. The Morgan fingerprint density at radius 2 is 1.85 bits per heavy atom. The summed E-state index contributed by atoms with van der Waals surface area (Å²) in [6, 6.07) is 13.2. The van der Waals surface area contributed by atoms with E-state index in [1.54, 1.807) is 0 Å². The van der Waals surface area contributed by atoms with E-state index in [-0.39, 0.29) is 0 Å². The molecule has 2 heteroatoms. The number of benzene rings is 2. The summed E-state index contributed by atoms with van der Waals surface area (Å²) < 4.78 is 1.17. The van der Waals surface area contributed by atoms with Gasteiger partial charge < -0.3 is 0 Å². The first-order valence-electron chi connectivity index (χ1n) is 6.93. The number of rotatable bonds is 4. The van der Waals surface area contributed by atoms with Crippen molar-refractivity contribution in [1.29, 1.82) is 0 Å². The fraction of sp³-hybridized carbons (Fsp3) is 0.333. The standard InChI is InChI=1S/C18H20BrCl/c1-12-4-7-17(14(3)8-12)15-5-6-16(18(19)10-15)9-13(2)11-20/h4-8,10,13H,9,11H2,1-3H3. The lowest BCUT2D eigenvalue weighted by molar-refractivity contribution is 0.653. The maximum Gasteiger partial charge on any atom is 0.0252 e. The number of aryl methyl sites for hydroxylation is 2. The predicted octanol–water partition coefficient (Wildman–Crippen LogP) is 6.15. The van der Waals surface area contributed by atoms with Crippen LogP contribution in [0.5, 0.6) is 0 Å². The first-order valence-corrected chi connectivity index (χ1v) is 8.26. The molecule has 1 atom stereocenters. The maximum atomic E-state index is 5.90. The topological polar surface area (TPSA) is 0 Å². The molecule has 2 aromatic rings. The Morgan fingerprint density at radius 3 is 2.45 bits per heavy atom. The van der Waals surface area contributed by atoms with Gasteiger partial charge in [0.1, 0.15) is 0 Å². The third-order valence-corrected chi connectivity index (χ3v) is 4.84. The minimum atomic E-state index is 0.500. The van der Waals surface area contributed by atoms with Crippen LogP contribution >= 0.6 is 27.5 Å². The van der Waals surface area contributed by atoms with Gasteiger partial charge in [0.2, 0.25) is 0 Å². The average Bonchev–Trinajstić information content (AvgIpc) is 2.41. The van der Waals surface area contributed by atoms with Gasteiger partial charge in [-0.1, -0.05) is 58.7 Å². The van der Waals surface area contributed by atoms with Crippen LogP contribution in [-0.4, -0.2) is 5.88 Å². The molecule has 0 aromatic heterocycles. The number of hydrogen-bond acceptors (Lipinski definition) is 0. The van der Waals surface area contributed by atoms with Gasteiger partial charge >= 0.3 is 0 Å². The van der Waals surface area contributed by atoms with Crippen molar-refractivity contribution in [2.75, 3.05) is 5.88 Å². The molecule has 0 nitrogen and oxygen atoms in total.